The van der Waals surface area contributed by atoms with Gasteiger partial charge in [-0.25, -0.2) is 0 Å². The fourth-order valence-electron chi connectivity index (χ4n) is 2.65. The molecule has 0 bridgehead atoms. The number of nitro benzene ring substituents is 1. The summed E-state index contributed by atoms with van der Waals surface area (Å²) in [6.07, 6.45) is 0. The predicted molar refractivity (Wildman–Crippen MR) is 92.2 cm³/mol. The number of benzene rings is 2. The van der Waals surface area contributed by atoms with Crippen LogP contribution in [0.1, 0.15) is 16.1 Å². The van der Waals surface area contributed by atoms with E-state index in [2.05, 4.69) is 5.32 Å². The van der Waals surface area contributed by atoms with Gasteiger partial charge in [-0.15, -0.1) is 0 Å². The van der Waals surface area contributed by atoms with Gasteiger partial charge in [-0.05, 0) is 11.6 Å². The van der Waals surface area contributed by atoms with Crippen LogP contribution in [-0.2, 0) is 13.6 Å². The number of aryl methyl sites for hydroxylation is 1. The Kier molecular flexibility index (Phi) is 4.22. The van der Waals surface area contributed by atoms with Crippen molar-refractivity contribution in [3.63, 3.8) is 0 Å². The van der Waals surface area contributed by atoms with E-state index < -0.39 is 4.92 Å². The van der Waals surface area contributed by atoms with Gasteiger partial charge in [0.1, 0.15) is 5.69 Å². The zero-order valence-electron chi connectivity index (χ0n) is 12.8. The lowest BCUT2D eigenvalue weighted by Crippen LogP contribution is -2.25. The van der Waals surface area contributed by atoms with Crippen molar-refractivity contribution in [2.45, 2.75) is 6.54 Å². The summed E-state index contributed by atoms with van der Waals surface area (Å²) in [5, 5.41) is 14.8. The Morgan fingerprint density at radius 3 is 2.71 bits per heavy atom. The maximum atomic E-state index is 12.5. The van der Waals surface area contributed by atoms with Gasteiger partial charge >= 0.3 is 0 Å². The molecule has 0 saturated carbocycles. The van der Waals surface area contributed by atoms with Gasteiger partial charge in [0.25, 0.3) is 11.6 Å². The van der Waals surface area contributed by atoms with Crippen LogP contribution in [0.5, 0.6) is 0 Å². The number of halogens is 1. The molecule has 0 aliphatic heterocycles. The predicted octanol–water partition coefficient (Wildman–Crippen LogP) is 3.67. The number of amides is 1. The minimum atomic E-state index is -0.466. The molecule has 0 spiro atoms. The van der Waals surface area contributed by atoms with Crippen molar-refractivity contribution in [2.75, 3.05) is 0 Å². The van der Waals surface area contributed by atoms with Crippen molar-refractivity contribution in [1.82, 2.24) is 9.88 Å². The summed E-state index contributed by atoms with van der Waals surface area (Å²) in [5.41, 5.74) is 1.86. The Morgan fingerprint density at radius 2 is 2.00 bits per heavy atom. The van der Waals surface area contributed by atoms with Gasteiger partial charge in [0, 0.05) is 36.6 Å². The molecule has 1 N–H and O–H groups in total. The molecule has 3 aromatic rings. The number of nitrogens with zero attached hydrogens (tertiary/aromatic N) is 2. The zero-order chi connectivity index (χ0) is 17.3. The normalized spacial score (nSPS) is 10.8. The van der Waals surface area contributed by atoms with Crippen molar-refractivity contribution in [1.29, 1.82) is 0 Å². The molecule has 1 amide bonds. The lowest BCUT2D eigenvalue weighted by Gasteiger charge is -2.07. The summed E-state index contributed by atoms with van der Waals surface area (Å²) in [4.78, 5) is 22.8. The van der Waals surface area contributed by atoms with Gasteiger partial charge in [0.2, 0.25) is 0 Å². The molecule has 0 atom stereocenters. The monoisotopic (exact) mass is 343 g/mol. The van der Waals surface area contributed by atoms with E-state index in [1.54, 1.807) is 23.7 Å². The summed E-state index contributed by atoms with van der Waals surface area (Å²) in [6, 6.07) is 13.6. The number of nitro groups is 1. The van der Waals surface area contributed by atoms with Crippen LogP contribution in [0.4, 0.5) is 5.69 Å². The van der Waals surface area contributed by atoms with Gasteiger partial charge in [-0.2, -0.15) is 0 Å². The average molecular weight is 344 g/mol. The molecular weight excluding hydrogens is 330 g/mol. The number of fused-ring (bicyclic) bond motifs is 1. The summed E-state index contributed by atoms with van der Waals surface area (Å²) in [7, 11) is 1.77. The summed E-state index contributed by atoms with van der Waals surface area (Å²) in [6.45, 7) is 0.179. The topological polar surface area (TPSA) is 77.2 Å². The second-order valence-corrected chi connectivity index (χ2v) is 5.73. The number of rotatable bonds is 4. The largest absolute Gasteiger partial charge is 0.347 e. The minimum Gasteiger partial charge on any atom is -0.347 e. The highest BCUT2D eigenvalue weighted by molar-refractivity contribution is 6.38. The first-order valence-corrected chi connectivity index (χ1v) is 7.61. The highest BCUT2D eigenvalue weighted by Crippen LogP contribution is 2.29. The first-order valence-electron chi connectivity index (χ1n) is 7.23. The number of carbonyl (C=O) groups is 1. The number of carbonyl (C=O) groups excluding carboxylic acids is 1. The molecule has 1 heterocycles. The van der Waals surface area contributed by atoms with Crippen LogP contribution in [-0.4, -0.2) is 15.4 Å². The van der Waals surface area contributed by atoms with Gasteiger partial charge < -0.3 is 9.88 Å². The van der Waals surface area contributed by atoms with Gasteiger partial charge in [-0.1, -0.05) is 41.9 Å². The Balaban J connectivity index is 1.83. The van der Waals surface area contributed by atoms with E-state index in [4.69, 9.17) is 11.6 Å². The Morgan fingerprint density at radius 1 is 1.25 bits per heavy atom. The summed E-state index contributed by atoms with van der Waals surface area (Å²) in [5.74, 6) is -0.329. The molecule has 0 unspecified atom stereocenters. The Hall–Kier alpha value is -2.86. The molecule has 2 aromatic carbocycles. The average Bonchev–Trinajstić information content (AvgIpc) is 2.84. The van der Waals surface area contributed by atoms with Gasteiger partial charge in [-0.3, -0.25) is 14.9 Å². The van der Waals surface area contributed by atoms with Crippen molar-refractivity contribution >= 4 is 34.1 Å². The minimum absolute atomic E-state index is 0.00983. The maximum Gasteiger partial charge on any atom is 0.269 e. The van der Waals surface area contributed by atoms with Crippen LogP contribution >= 0.6 is 11.6 Å². The van der Waals surface area contributed by atoms with Crippen LogP contribution in [0.2, 0.25) is 5.02 Å². The summed E-state index contributed by atoms with van der Waals surface area (Å²) >= 11 is 6.33. The molecule has 0 fully saturated rings. The van der Waals surface area contributed by atoms with Gasteiger partial charge in [0.05, 0.1) is 9.95 Å². The third-order valence-corrected chi connectivity index (χ3v) is 4.22. The van der Waals surface area contributed by atoms with Crippen molar-refractivity contribution < 1.29 is 9.72 Å². The molecule has 0 aliphatic rings. The second-order valence-electron chi connectivity index (χ2n) is 5.35. The number of nitrogens with one attached hydrogen (secondary N) is 1. The number of para-hydroxylation sites is 1. The Labute approximate surface area is 142 Å². The number of non-ortho nitro benzene ring substituents is 1. The smallest absolute Gasteiger partial charge is 0.269 e. The molecule has 1 aromatic heterocycles. The van der Waals surface area contributed by atoms with Crippen LogP contribution in [0.25, 0.3) is 10.9 Å². The van der Waals surface area contributed by atoms with E-state index >= 15 is 0 Å². The number of hydrogen-bond donors (Lipinski definition) is 1. The molecule has 7 heteroatoms. The van der Waals surface area contributed by atoms with E-state index in [0.717, 1.165) is 10.9 Å². The van der Waals surface area contributed by atoms with E-state index in [1.807, 2.05) is 24.3 Å². The molecule has 3 rings (SSSR count). The van der Waals surface area contributed by atoms with Crippen LogP contribution in [0.15, 0.2) is 48.5 Å². The van der Waals surface area contributed by atoms with Crippen LogP contribution in [0.3, 0.4) is 0 Å². The van der Waals surface area contributed by atoms with Crippen molar-refractivity contribution in [3.8, 4) is 0 Å². The van der Waals surface area contributed by atoms with Crippen LogP contribution in [0, 0.1) is 10.1 Å². The van der Waals surface area contributed by atoms with E-state index in [1.165, 1.54) is 12.1 Å². The van der Waals surface area contributed by atoms with Crippen molar-refractivity contribution in [2.24, 2.45) is 7.05 Å². The fourth-order valence-corrected chi connectivity index (χ4v) is 3.02. The lowest BCUT2D eigenvalue weighted by atomic mass is 10.2. The highest BCUT2D eigenvalue weighted by atomic mass is 35.5. The van der Waals surface area contributed by atoms with Crippen LogP contribution < -0.4 is 5.32 Å². The highest BCUT2D eigenvalue weighted by Gasteiger charge is 2.19. The second kappa shape index (κ2) is 6.33. The molecule has 0 saturated heterocycles. The van der Waals surface area contributed by atoms with Crippen molar-refractivity contribution in [3.05, 3.63) is 74.9 Å². The van der Waals surface area contributed by atoms with E-state index in [0.29, 0.717) is 16.3 Å². The Bertz CT molecular complexity index is 910. The standard InChI is InChI=1S/C17H14ClN3O3/c1-20-14-8-3-2-7-13(14)15(18)16(20)17(22)19-10-11-5-4-6-12(9-11)21(23)24/h2-9H,10H2,1H3,(H,19,22). The first-order chi connectivity index (χ1) is 11.5. The fraction of sp³-hybridized carbons (Fsp3) is 0.118. The molecule has 24 heavy (non-hydrogen) atoms. The van der Waals surface area contributed by atoms with E-state index in [-0.39, 0.29) is 18.1 Å². The lowest BCUT2D eigenvalue weighted by molar-refractivity contribution is -0.384. The van der Waals surface area contributed by atoms with Gasteiger partial charge in [0.15, 0.2) is 0 Å². The third kappa shape index (κ3) is 2.83. The summed E-state index contributed by atoms with van der Waals surface area (Å²) < 4.78 is 1.74. The number of hydrogen-bond acceptors (Lipinski definition) is 3. The number of aromatic nitrogens is 1. The third-order valence-electron chi connectivity index (χ3n) is 3.83. The zero-order valence-corrected chi connectivity index (χ0v) is 13.6. The molecule has 0 aliphatic carbocycles. The molecule has 0 radical (unpaired) electrons. The quantitative estimate of drug-likeness (QED) is 0.580. The molecule has 122 valence electrons. The SMILES string of the molecule is Cn1c(C(=O)NCc2cccc([N+](=O)[O-])c2)c(Cl)c2ccccc21. The first kappa shape index (κ1) is 16.0. The van der Waals surface area contributed by atoms with E-state index in [9.17, 15) is 14.9 Å². The maximum absolute atomic E-state index is 12.5. The molecular formula is C17H14ClN3O3. The molecule has 6 nitrogen and oxygen atoms in total.